The number of halogens is 2. The van der Waals surface area contributed by atoms with E-state index in [0.29, 0.717) is 16.3 Å². The van der Waals surface area contributed by atoms with Gasteiger partial charge in [-0.3, -0.25) is 4.79 Å². The number of aliphatic hydroxyl groups excluding tert-OH is 1. The van der Waals surface area contributed by atoms with Gasteiger partial charge in [0.1, 0.15) is 5.75 Å². The Morgan fingerprint density at radius 2 is 1.85 bits per heavy atom. The number of amides is 1. The van der Waals surface area contributed by atoms with Crippen molar-refractivity contribution < 1.29 is 28.9 Å². The highest BCUT2D eigenvalue weighted by atomic mass is 35.5. The number of hydrogen-bond donors (Lipinski definition) is 2. The van der Waals surface area contributed by atoms with Crippen molar-refractivity contribution in [3.8, 4) is 5.75 Å². The molecule has 1 heterocycles. The van der Waals surface area contributed by atoms with Crippen molar-refractivity contribution in [1.82, 2.24) is 0 Å². The van der Waals surface area contributed by atoms with E-state index in [1.165, 1.54) is 25.3 Å². The molecule has 2 aromatic rings. The lowest BCUT2D eigenvalue weighted by molar-refractivity contribution is -0.187. The van der Waals surface area contributed by atoms with Crippen molar-refractivity contribution >= 4 is 40.8 Å². The third-order valence-corrected chi connectivity index (χ3v) is 4.19. The molecule has 1 aliphatic heterocycles. The van der Waals surface area contributed by atoms with Gasteiger partial charge in [0.05, 0.1) is 17.8 Å². The number of aliphatic hydroxyl groups is 1. The third kappa shape index (κ3) is 4.10. The molecule has 9 heteroatoms. The number of esters is 1. The van der Waals surface area contributed by atoms with E-state index < -0.39 is 29.7 Å². The summed E-state index contributed by atoms with van der Waals surface area (Å²) in [5.74, 6) is -2.23. The molecule has 2 N–H and O–H groups in total. The minimum Gasteiger partial charge on any atom is -0.497 e. The molecule has 0 spiro atoms. The summed E-state index contributed by atoms with van der Waals surface area (Å²) in [6, 6.07) is 10.9. The van der Waals surface area contributed by atoms with Crippen molar-refractivity contribution in [3.05, 3.63) is 69.6 Å². The Morgan fingerprint density at radius 3 is 2.44 bits per heavy atom. The van der Waals surface area contributed by atoms with E-state index >= 15 is 0 Å². The van der Waals surface area contributed by atoms with Crippen LogP contribution in [0.15, 0.2) is 54.0 Å². The van der Waals surface area contributed by atoms with E-state index in [4.69, 9.17) is 37.4 Å². The lowest BCUT2D eigenvalue weighted by Gasteiger charge is -2.24. The maximum Gasteiger partial charge on any atom is 0.354 e. The summed E-state index contributed by atoms with van der Waals surface area (Å²) in [5, 5.41) is 13.0. The van der Waals surface area contributed by atoms with Crippen LogP contribution < -0.4 is 10.1 Å². The molecule has 0 saturated carbocycles. The molecule has 27 heavy (non-hydrogen) atoms. The Morgan fingerprint density at radius 1 is 1.15 bits per heavy atom. The van der Waals surface area contributed by atoms with Gasteiger partial charge in [-0.25, -0.2) is 4.79 Å². The molecule has 1 unspecified atom stereocenters. The number of rotatable bonds is 4. The van der Waals surface area contributed by atoms with Gasteiger partial charge in [0, 0.05) is 10.6 Å². The molecule has 0 aromatic heterocycles. The van der Waals surface area contributed by atoms with Gasteiger partial charge in [0.2, 0.25) is 5.57 Å². The van der Waals surface area contributed by atoms with Crippen molar-refractivity contribution in [2.75, 3.05) is 12.4 Å². The lowest BCUT2D eigenvalue weighted by atomic mass is 10.2. The van der Waals surface area contributed by atoms with E-state index in [1.54, 1.807) is 24.3 Å². The van der Waals surface area contributed by atoms with Gasteiger partial charge in [-0.05, 0) is 42.5 Å². The molecule has 1 amide bonds. The monoisotopic (exact) mass is 409 g/mol. The second-order valence-corrected chi connectivity index (χ2v) is 6.23. The molecular formula is C18H13Cl2NO6. The molecule has 0 bridgehead atoms. The van der Waals surface area contributed by atoms with Crippen molar-refractivity contribution in [2.24, 2.45) is 0 Å². The molecule has 1 aliphatic rings. The van der Waals surface area contributed by atoms with Gasteiger partial charge in [-0.15, -0.1) is 0 Å². The third-order valence-electron chi connectivity index (χ3n) is 3.65. The van der Waals surface area contributed by atoms with Crippen molar-refractivity contribution in [2.45, 2.75) is 6.29 Å². The first-order chi connectivity index (χ1) is 12.9. The number of hydrogen-bond acceptors (Lipinski definition) is 6. The molecule has 1 atom stereocenters. The number of methoxy groups -OCH3 is 1. The Hall–Kier alpha value is -2.90. The summed E-state index contributed by atoms with van der Waals surface area (Å²) in [6.45, 7) is 0. The van der Waals surface area contributed by atoms with Crippen LogP contribution in [-0.4, -0.2) is 24.1 Å². The Labute approximate surface area is 164 Å². The molecule has 0 fully saturated rings. The fraction of sp³-hybridized carbons (Fsp3) is 0.111. The van der Waals surface area contributed by atoms with Crippen LogP contribution in [0.1, 0.15) is 11.9 Å². The second-order valence-electron chi connectivity index (χ2n) is 5.39. The zero-order chi connectivity index (χ0) is 19.6. The lowest BCUT2D eigenvalue weighted by Crippen LogP contribution is -2.30. The smallest absolute Gasteiger partial charge is 0.354 e. The number of nitrogens with one attached hydrogen (secondary N) is 1. The zero-order valence-electron chi connectivity index (χ0n) is 13.9. The number of carbonyl (C=O) groups is 2. The fourth-order valence-corrected chi connectivity index (χ4v) is 2.75. The molecule has 3 rings (SSSR count). The van der Waals surface area contributed by atoms with Gasteiger partial charge < -0.3 is 24.6 Å². The Balaban J connectivity index is 1.79. The standard InChI is InChI=1S/C18H13Cl2NO6/c1-25-11-5-2-9(3-6-11)18-26-16(23)14(17(24)27-18)15(22)21-13-7-4-10(19)8-12(13)20/h2-8,18,23H,1H3,(H,21,22). The summed E-state index contributed by atoms with van der Waals surface area (Å²) in [5.41, 5.74) is -0.0156. The predicted octanol–water partition coefficient (Wildman–Crippen LogP) is 3.98. The number of benzene rings is 2. The average Bonchev–Trinajstić information content (AvgIpc) is 2.63. The van der Waals surface area contributed by atoms with Crippen LogP contribution in [0.5, 0.6) is 5.75 Å². The van der Waals surface area contributed by atoms with Crippen LogP contribution in [0.4, 0.5) is 5.69 Å². The van der Waals surface area contributed by atoms with Crippen LogP contribution in [0.25, 0.3) is 0 Å². The Bertz CT molecular complexity index is 926. The summed E-state index contributed by atoms with van der Waals surface area (Å²) < 4.78 is 15.3. The first-order valence-electron chi connectivity index (χ1n) is 7.60. The van der Waals surface area contributed by atoms with Gasteiger partial charge in [0.15, 0.2) is 0 Å². The van der Waals surface area contributed by atoms with Gasteiger partial charge in [0.25, 0.3) is 12.2 Å². The van der Waals surface area contributed by atoms with E-state index in [-0.39, 0.29) is 10.7 Å². The topological polar surface area (TPSA) is 94.1 Å². The fourth-order valence-electron chi connectivity index (χ4n) is 2.29. The van der Waals surface area contributed by atoms with Crippen LogP contribution in [0.2, 0.25) is 10.0 Å². The van der Waals surface area contributed by atoms with Crippen LogP contribution >= 0.6 is 23.2 Å². The summed E-state index contributed by atoms with van der Waals surface area (Å²) in [6.07, 6.45) is -1.20. The van der Waals surface area contributed by atoms with Crippen LogP contribution in [0, 0.1) is 0 Å². The second kappa shape index (κ2) is 7.77. The summed E-state index contributed by atoms with van der Waals surface area (Å²) >= 11 is 11.8. The first kappa shape index (κ1) is 18.9. The highest BCUT2D eigenvalue weighted by Gasteiger charge is 2.36. The maximum atomic E-state index is 12.3. The Kier molecular flexibility index (Phi) is 5.43. The quantitative estimate of drug-likeness (QED) is 0.585. The molecular weight excluding hydrogens is 397 g/mol. The van der Waals surface area contributed by atoms with E-state index in [1.807, 2.05) is 0 Å². The minimum absolute atomic E-state index is 0.164. The molecule has 0 radical (unpaired) electrons. The van der Waals surface area contributed by atoms with E-state index in [9.17, 15) is 14.7 Å². The highest BCUT2D eigenvalue weighted by molar-refractivity contribution is 6.37. The maximum absolute atomic E-state index is 12.3. The van der Waals surface area contributed by atoms with Crippen molar-refractivity contribution in [1.29, 1.82) is 0 Å². The molecule has 0 aliphatic carbocycles. The molecule has 140 valence electrons. The van der Waals surface area contributed by atoms with E-state index in [0.717, 1.165) is 0 Å². The van der Waals surface area contributed by atoms with Crippen molar-refractivity contribution in [3.63, 3.8) is 0 Å². The van der Waals surface area contributed by atoms with Gasteiger partial charge in [-0.2, -0.15) is 0 Å². The predicted molar refractivity (Wildman–Crippen MR) is 97.7 cm³/mol. The highest BCUT2D eigenvalue weighted by Crippen LogP contribution is 2.31. The molecule has 7 nitrogen and oxygen atoms in total. The minimum atomic E-state index is -1.20. The normalized spacial score (nSPS) is 16.4. The zero-order valence-corrected chi connectivity index (χ0v) is 15.4. The molecule has 0 saturated heterocycles. The van der Waals surface area contributed by atoms with Crippen LogP contribution in [-0.2, 0) is 19.1 Å². The molecule has 2 aromatic carbocycles. The summed E-state index contributed by atoms with van der Waals surface area (Å²) in [7, 11) is 1.51. The van der Waals surface area contributed by atoms with Gasteiger partial charge in [-0.1, -0.05) is 23.2 Å². The number of carbonyl (C=O) groups excluding carboxylic acids is 2. The number of anilines is 1. The van der Waals surface area contributed by atoms with Gasteiger partial charge >= 0.3 is 11.9 Å². The summed E-state index contributed by atoms with van der Waals surface area (Å²) in [4.78, 5) is 24.6. The first-order valence-corrected chi connectivity index (χ1v) is 8.36. The van der Waals surface area contributed by atoms with Crippen LogP contribution in [0.3, 0.4) is 0 Å². The largest absolute Gasteiger partial charge is 0.497 e. The van der Waals surface area contributed by atoms with E-state index in [2.05, 4.69) is 5.32 Å². The SMILES string of the molecule is COc1ccc(C2OC(=O)C(C(=O)Nc3ccc(Cl)cc3Cl)=C(O)O2)cc1. The number of cyclic esters (lactones) is 1. The average molecular weight is 410 g/mol. The number of ether oxygens (including phenoxy) is 3.